The first-order chi connectivity index (χ1) is 14.3. The van der Waals surface area contributed by atoms with E-state index in [1.54, 1.807) is 24.3 Å². The van der Waals surface area contributed by atoms with Crippen molar-refractivity contribution in [2.75, 3.05) is 48.7 Å². The first kappa shape index (κ1) is 22.2. The molecule has 2 aromatic rings. The first-order valence-corrected chi connectivity index (χ1v) is 11.8. The van der Waals surface area contributed by atoms with Gasteiger partial charge in [0, 0.05) is 37.9 Å². The Balaban J connectivity index is 1.48. The predicted octanol–water partition coefficient (Wildman–Crippen LogP) is 3.16. The van der Waals surface area contributed by atoms with Gasteiger partial charge in [0.2, 0.25) is 5.91 Å². The van der Waals surface area contributed by atoms with Crippen molar-refractivity contribution in [2.45, 2.75) is 24.7 Å². The zero-order chi connectivity index (χ0) is 21.6. The van der Waals surface area contributed by atoms with Crippen molar-refractivity contribution in [3.05, 3.63) is 54.3 Å². The molecular weight excluding hydrogens is 405 g/mol. The summed E-state index contributed by atoms with van der Waals surface area (Å²) in [6.45, 7) is 5.64. The van der Waals surface area contributed by atoms with Crippen LogP contribution in [0.5, 0.6) is 0 Å². The van der Waals surface area contributed by atoms with Gasteiger partial charge >= 0.3 is 0 Å². The lowest BCUT2D eigenvalue weighted by Crippen LogP contribution is -2.32. The van der Waals surface area contributed by atoms with Crippen LogP contribution in [0.3, 0.4) is 0 Å². The van der Waals surface area contributed by atoms with Crippen LogP contribution >= 0.6 is 0 Å². The molecule has 1 fully saturated rings. The normalized spacial score (nSPS) is 15.6. The maximum absolute atomic E-state index is 13.1. The Bertz CT molecular complexity index is 947. The van der Waals surface area contributed by atoms with E-state index in [4.69, 9.17) is 0 Å². The van der Waals surface area contributed by atoms with Gasteiger partial charge in [-0.3, -0.25) is 4.79 Å². The average Bonchev–Trinajstić information content (AvgIpc) is 2.94. The third kappa shape index (κ3) is 6.27. The number of rotatable bonds is 7. The molecule has 0 atom stereocenters. The zero-order valence-corrected chi connectivity index (χ0v) is 18.0. The molecule has 1 amide bonds. The second kappa shape index (κ2) is 10.0. The summed E-state index contributed by atoms with van der Waals surface area (Å²) in [6, 6.07) is 12.8. The van der Waals surface area contributed by atoms with Gasteiger partial charge < -0.3 is 15.1 Å². The number of benzene rings is 2. The van der Waals surface area contributed by atoms with Gasteiger partial charge in [0.1, 0.15) is 5.82 Å². The second-order valence-electron chi connectivity index (χ2n) is 7.54. The van der Waals surface area contributed by atoms with E-state index in [0.29, 0.717) is 12.1 Å². The van der Waals surface area contributed by atoms with Gasteiger partial charge in [0.05, 0.1) is 10.6 Å². The molecule has 0 radical (unpaired) electrons. The van der Waals surface area contributed by atoms with Gasteiger partial charge in [-0.1, -0.05) is 0 Å². The molecule has 0 aromatic heterocycles. The molecule has 1 heterocycles. The molecule has 0 unspecified atom stereocenters. The van der Waals surface area contributed by atoms with Crippen LogP contribution in [0.15, 0.2) is 53.4 Å². The number of hydrogen-bond acceptors (Lipinski definition) is 5. The van der Waals surface area contributed by atoms with Gasteiger partial charge in [-0.25, -0.2) is 12.8 Å². The standard InChI is InChI=1S/C22H28FN3O3S/c1-18(27)24-20-6-10-22(11-7-20)30(28,29)17-3-13-25-12-2-14-26(16-15-25)21-8-4-19(23)5-9-21/h4-11H,2-3,12-17H2,1H3,(H,24,27). The predicted molar refractivity (Wildman–Crippen MR) is 117 cm³/mol. The highest BCUT2D eigenvalue weighted by atomic mass is 32.2. The fourth-order valence-corrected chi connectivity index (χ4v) is 4.95. The third-order valence-electron chi connectivity index (χ3n) is 5.20. The number of sulfone groups is 1. The number of nitrogens with one attached hydrogen (secondary N) is 1. The molecule has 1 aliphatic heterocycles. The molecule has 0 saturated carbocycles. The Morgan fingerprint density at radius 3 is 2.37 bits per heavy atom. The zero-order valence-electron chi connectivity index (χ0n) is 17.2. The Morgan fingerprint density at radius 2 is 1.70 bits per heavy atom. The van der Waals surface area contributed by atoms with Crippen molar-refractivity contribution < 1.29 is 17.6 Å². The van der Waals surface area contributed by atoms with Crippen LogP contribution in [0.4, 0.5) is 15.8 Å². The Hall–Kier alpha value is -2.45. The number of anilines is 2. The maximum atomic E-state index is 13.1. The van der Waals surface area contributed by atoms with Crippen molar-refractivity contribution in [3.8, 4) is 0 Å². The largest absolute Gasteiger partial charge is 0.370 e. The molecule has 1 N–H and O–H groups in total. The second-order valence-corrected chi connectivity index (χ2v) is 9.65. The number of carbonyl (C=O) groups is 1. The summed E-state index contributed by atoms with van der Waals surface area (Å²) in [7, 11) is -3.36. The highest BCUT2D eigenvalue weighted by molar-refractivity contribution is 7.91. The van der Waals surface area contributed by atoms with Gasteiger partial charge in [0.25, 0.3) is 0 Å². The molecule has 2 aromatic carbocycles. The summed E-state index contributed by atoms with van der Waals surface area (Å²) in [5, 5.41) is 2.63. The first-order valence-electron chi connectivity index (χ1n) is 10.2. The van der Waals surface area contributed by atoms with E-state index in [9.17, 15) is 17.6 Å². The minimum atomic E-state index is -3.36. The van der Waals surface area contributed by atoms with E-state index in [-0.39, 0.29) is 22.4 Å². The summed E-state index contributed by atoms with van der Waals surface area (Å²) >= 11 is 0. The van der Waals surface area contributed by atoms with Gasteiger partial charge in [-0.05, 0) is 74.5 Å². The lowest BCUT2D eigenvalue weighted by molar-refractivity contribution is -0.114. The number of halogens is 1. The van der Waals surface area contributed by atoms with E-state index in [1.165, 1.54) is 31.2 Å². The monoisotopic (exact) mass is 433 g/mol. The molecular formula is C22H28FN3O3S. The van der Waals surface area contributed by atoms with Crippen LogP contribution in [0.1, 0.15) is 19.8 Å². The van der Waals surface area contributed by atoms with Crippen LogP contribution in [-0.4, -0.2) is 57.7 Å². The lowest BCUT2D eigenvalue weighted by Gasteiger charge is -2.23. The summed E-state index contributed by atoms with van der Waals surface area (Å²) < 4.78 is 38.3. The Labute approximate surface area is 177 Å². The molecule has 1 saturated heterocycles. The third-order valence-corrected chi connectivity index (χ3v) is 7.02. The van der Waals surface area contributed by atoms with Crippen molar-refractivity contribution in [1.29, 1.82) is 0 Å². The molecule has 162 valence electrons. The molecule has 0 spiro atoms. The van der Waals surface area contributed by atoms with Crippen molar-refractivity contribution in [3.63, 3.8) is 0 Å². The minimum absolute atomic E-state index is 0.0880. The summed E-state index contributed by atoms with van der Waals surface area (Å²) in [5.41, 5.74) is 1.60. The van der Waals surface area contributed by atoms with Gasteiger partial charge in [-0.2, -0.15) is 0 Å². The number of hydrogen-bond donors (Lipinski definition) is 1. The Kier molecular flexibility index (Phi) is 7.44. The van der Waals surface area contributed by atoms with Crippen molar-refractivity contribution in [2.24, 2.45) is 0 Å². The van der Waals surface area contributed by atoms with Gasteiger partial charge in [-0.15, -0.1) is 0 Å². The highest BCUT2D eigenvalue weighted by Crippen LogP contribution is 2.18. The molecule has 6 nitrogen and oxygen atoms in total. The van der Waals surface area contributed by atoms with E-state index in [1.807, 2.05) is 0 Å². The van der Waals surface area contributed by atoms with Crippen LogP contribution in [0, 0.1) is 5.82 Å². The van der Waals surface area contributed by atoms with E-state index in [2.05, 4.69) is 15.1 Å². The fraction of sp³-hybridized carbons (Fsp3) is 0.409. The molecule has 1 aliphatic rings. The molecule has 0 aliphatic carbocycles. The summed E-state index contributed by atoms with van der Waals surface area (Å²) in [5.74, 6) is -0.341. The smallest absolute Gasteiger partial charge is 0.221 e. The SMILES string of the molecule is CC(=O)Nc1ccc(S(=O)(=O)CCCN2CCCN(c3ccc(F)cc3)CC2)cc1. The van der Waals surface area contributed by atoms with Crippen LogP contribution in [0.2, 0.25) is 0 Å². The molecule has 30 heavy (non-hydrogen) atoms. The van der Waals surface area contributed by atoms with Gasteiger partial charge in [0.15, 0.2) is 9.84 Å². The van der Waals surface area contributed by atoms with E-state index < -0.39 is 9.84 Å². The summed E-state index contributed by atoms with van der Waals surface area (Å²) in [6.07, 6.45) is 1.54. The average molecular weight is 434 g/mol. The Morgan fingerprint density at radius 1 is 1.00 bits per heavy atom. The number of carbonyl (C=O) groups excluding carboxylic acids is 1. The molecule has 3 rings (SSSR count). The van der Waals surface area contributed by atoms with Crippen LogP contribution < -0.4 is 10.2 Å². The molecule has 0 bridgehead atoms. The van der Waals surface area contributed by atoms with Crippen LogP contribution in [0.25, 0.3) is 0 Å². The highest BCUT2D eigenvalue weighted by Gasteiger charge is 2.18. The van der Waals surface area contributed by atoms with Crippen molar-refractivity contribution >= 4 is 27.1 Å². The lowest BCUT2D eigenvalue weighted by atomic mass is 10.2. The van der Waals surface area contributed by atoms with Crippen molar-refractivity contribution in [1.82, 2.24) is 4.90 Å². The maximum Gasteiger partial charge on any atom is 0.221 e. The minimum Gasteiger partial charge on any atom is -0.370 e. The van der Waals surface area contributed by atoms with Crippen LogP contribution in [-0.2, 0) is 14.6 Å². The van der Waals surface area contributed by atoms with E-state index in [0.717, 1.165) is 44.8 Å². The fourth-order valence-electron chi connectivity index (χ4n) is 3.65. The summed E-state index contributed by atoms with van der Waals surface area (Å²) in [4.78, 5) is 15.9. The topological polar surface area (TPSA) is 69.7 Å². The quantitative estimate of drug-likeness (QED) is 0.726. The van der Waals surface area contributed by atoms with E-state index >= 15 is 0 Å². The number of amides is 1. The number of nitrogens with zero attached hydrogens (tertiary/aromatic N) is 2. The molecule has 8 heteroatoms.